The molecular weight excluding hydrogens is 356 g/mol. The number of aromatic nitrogens is 1. The van der Waals surface area contributed by atoms with Gasteiger partial charge in [-0.2, -0.15) is 0 Å². The van der Waals surface area contributed by atoms with Crippen LogP contribution in [0.15, 0.2) is 59.4 Å². The molecule has 1 atom stereocenters. The molecule has 3 rings (SSSR count). The van der Waals surface area contributed by atoms with Crippen LogP contribution in [0.1, 0.15) is 23.7 Å². The monoisotopic (exact) mass is 380 g/mol. The van der Waals surface area contributed by atoms with E-state index >= 15 is 0 Å². The maximum absolute atomic E-state index is 12.4. The number of benzene rings is 2. The molecule has 1 unspecified atom stereocenters. The first kappa shape index (κ1) is 19.6. The van der Waals surface area contributed by atoms with Gasteiger partial charge in [0.1, 0.15) is 5.75 Å². The highest BCUT2D eigenvalue weighted by Gasteiger charge is 2.16. The molecule has 0 radical (unpaired) electrons. The van der Waals surface area contributed by atoms with Crippen LogP contribution in [0, 0.1) is 0 Å². The number of aliphatic hydroxyl groups excluding tert-OH is 1. The largest absolute Gasteiger partial charge is 0.497 e. The Balaban J connectivity index is 1.59. The summed E-state index contributed by atoms with van der Waals surface area (Å²) in [5, 5.41) is 11.3. The minimum atomic E-state index is -0.788. The van der Waals surface area contributed by atoms with Crippen molar-refractivity contribution < 1.29 is 14.6 Å². The standard InChI is InChI=1S/C22H24N2O4/c1-24(14-20(25)15-7-10-18(28-2)11-8-15)21(26)12-9-17-13-16-5-3-4-6-19(16)23-22(17)27/h3-8,10-11,13,20,25H,9,12,14H2,1-2H3,(H,23,27). The number of pyridine rings is 1. The quantitative estimate of drug-likeness (QED) is 0.660. The molecule has 1 heterocycles. The fraction of sp³-hybridized carbons (Fsp3) is 0.273. The Labute approximate surface area is 163 Å². The van der Waals surface area contributed by atoms with Crippen LogP contribution in [0.25, 0.3) is 10.9 Å². The van der Waals surface area contributed by atoms with Gasteiger partial charge in [-0.3, -0.25) is 9.59 Å². The third-order valence-electron chi connectivity index (χ3n) is 4.81. The minimum absolute atomic E-state index is 0.125. The maximum atomic E-state index is 12.4. The molecule has 0 aliphatic heterocycles. The SMILES string of the molecule is COc1ccc(C(O)CN(C)C(=O)CCc2cc3ccccc3[nH]c2=O)cc1. The van der Waals surface area contributed by atoms with Crippen molar-refractivity contribution in [2.45, 2.75) is 18.9 Å². The fourth-order valence-electron chi connectivity index (χ4n) is 3.10. The first-order valence-corrected chi connectivity index (χ1v) is 9.15. The molecule has 1 aromatic heterocycles. The second-order valence-corrected chi connectivity index (χ2v) is 6.77. The lowest BCUT2D eigenvalue weighted by atomic mass is 10.1. The lowest BCUT2D eigenvalue weighted by molar-refractivity contribution is -0.131. The molecule has 28 heavy (non-hydrogen) atoms. The van der Waals surface area contributed by atoms with Crippen LogP contribution in [-0.2, 0) is 11.2 Å². The molecule has 1 amide bonds. The van der Waals surface area contributed by atoms with Gasteiger partial charge in [0.25, 0.3) is 5.56 Å². The highest BCUT2D eigenvalue weighted by Crippen LogP contribution is 2.18. The van der Waals surface area contributed by atoms with E-state index < -0.39 is 6.10 Å². The van der Waals surface area contributed by atoms with E-state index in [1.807, 2.05) is 30.3 Å². The van der Waals surface area contributed by atoms with Crippen LogP contribution in [0.4, 0.5) is 0 Å². The molecule has 6 nitrogen and oxygen atoms in total. The zero-order valence-corrected chi connectivity index (χ0v) is 16.0. The third-order valence-corrected chi connectivity index (χ3v) is 4.81. The number of amides is 1. The normalized spacial score (nSPS) is 12.0. The van der Waals surface area contributed by atoms with Crippen molar-refractivity contribution in [1.29, 1.82) is 0 Å². The Kier molecular flexibility index (Phi) is 6.11. The number of hydrogen-bond acceptors (Lipinski definition) is 4. The Morgan fingerprint density at radius 3 is 2.61 bits per heavy atom. The van der Waals surface area contributed by atoms with E-state index in [9.17, 15) is 14.7 Å². The highest BCUT2D eigenvalue weighted by atomic mass is 16.5. The first-order valence-electron chi connectivity index (χ1n) is 9.15. The van der Waals surface area contributed by atoms with Crippen LogP contribution < -0.4 is 10.3 Å². The van der Waals surface area contributed by atoms with Crippen molar-refractivity contribution in [3.05, 3.63) is 76.1 Å². The average molecular weight is 380 g/mol. The maximum Gasteiger partial charge on any atom is 0.251 e. The number of nitrogens with zero attached hydrogens (tertiary/aromatic N) is 1. The van der Waals surface area contributed by atoms with Gasteiger partial charge in [-0.25, -0.2) is 0 Å². The van der Waals surface area contributed by atoms with Gasteiger partial charge in [-0.1, -0.05) is 30.3 Å². The van der Waals surface area contributed by atoms with Crippen molar-refractivity contribution in [1.82, 2.24) is 9.88 Å². The van der Waals surface area contributed by atoms with Gasteiger partial charge in [0.05, 0.1) is 19.8 Å². The van der Waals surface area contributed by atoms with Gasteiger partial charge in [0.15, 0.2) is 0 Å². The summed E-state index contributed by atoms with van der Waals surface area (Å²) in [7, 11) is 3.23. The summed E-state index contributed by atoms with van der Waals surface area (Å²) in [6.45, 7) is 0.180. The number of aryl methyl sites for hydroxylation is 1. The molecular formula is C22H24N2O4. The number of ether oxygens (including phenoxy) is 1. The van der Waals surface area contributed by atoms with Crippen LogP contribution in [0.5, 0.6) is 5.75 Å². The molecule has 0 saturated heterocycles. The van der Waals surface area contributed by atoms with Gasteiger partial charge in [0.2, 0.25) is 5.91 Å². The topological polar surface area (TPSA) is 82.6 Å². The average Bonchev–Trinajstić information content (AvgIpc) is 2.71. The number of nitrogens with one attached hydrogen (secondary N) is 1. The van der Waals surface area contributed by atoms with Gasteiger partial charge < -0.3 is 19.7 Å². The molecule has 2 aromatic carbocycles. The Morgan fingerprint density at radius 2 is 1.89 bits per heavy atom. The van der Waals surface area contributed by atoms with E-state index in [-0.39, 0.29) is 24.4 Å². The highest BCUT2D eigenvalue weighted by molar-refractivity contribution is 5.79. The molecule has 0 bridgehead atoms. The van der Waals surface area contributed by atoms with Crippen molar-refractivity contribution in [2.24, 2.45) is 0 Å². The zero-order chi connectivity index (χ0) is 20.1. The Hall–Kier alpha value is -3.12. The molecule has 0 saturated carbocycles. The van der Waals surface area contributed by atoms with Gasteiger partial charge in [-0.15, -0.1) is 0 Å². The number of methoxy groups -OCH3 is 1. The number of H-pyrrole nitrogens is 1. The van der Waals surface area contributed by atoms with E-state index in [0.717, 1.165) is 10.9 Å². The molecule has 6 heteroatoms. The summed E-state index contributed by atoms with van der Waals surface area (Å²) in [4.78, 5) is 29.0. The molecule has 146 valence electrons. The fourth-order valence-corrected chi connectivity index (χ4v) is 3.10. The number of carbonyl (C=O) groups excluding carboxylic acids is 1. The first-order chi connectivity index (χ1) is 13.5. The van der Waals surface area contributed by atoms with Crippen molar-refractivity contribution in [2.75, 3.05) is 20.7 Å². The smallest absolute Gasteiger partial charge is 0.251 e. The zero-order valence-electron chi connectivity index (χ0n) is 16.0. The minimum Gasteiger partial charge on any atom is -0.497 e. The second-order valence-electron chi connectivity index (χ2n) is 6.77. The number of hydrogen-bond donors (Lipinski definition) is 2. The summed E-state index contributed by atoms with van der Waals surface area (Å²) >= 11 is 0. The van der Waals surface area contributed by atoms with Gasteiger partial charge in [-0.05, 0) is 41.6 Å². The van der Waals surface area contributed by atoms with E-state index in [0.29, 0.717) is 23.3 Å². The predicted octanol–water partition coefficient (Wildman–Crippen LogP) is 2.66. The van der Waals surface area contributed by atoms with Crippen molar-refractivity contribution >= 4 is 16.8 Å². The number of para-hydroxylation sites is 1. The predicted molar refractivity (Wildman–Crippen MR) is 108 cm³/mol. The van der Waals surface area contributed by atoms with E-state index in [1.165, 1.54) is 4.90 Å². The summed E-state index contributed by atoms with van der Waals surface area (Å²) in [5.74, 6) is 0.584. The van der Waals surface area contributed by atoms with E-state index in [4.69, 9.17) is 4.74 Å². The molecule has 2 N–H and O–H groups in total. The Bertz CT molecular complexity index is 1010. The van der Waals surface area contributed by atoms with Gasteiger partial charge in [0, 0.05) is 24.5 Å². The van der Waals surface area contributed by atoms with Gasteiger partial charge >= 0.3 is 0 Å². The summed E-state index contributed by atoms with van der Waals surface area (Å²) in [6, 6.07) is 16.5. The third kappa shape index (κ3) is 4.58. The van der Waals surface area contributed by atoms with Crippen molar-refractivity contribution in [3.8, 4) is 5.75 Å². The number of aliphatic hydroxyl groups is 1. The lowest BCUT2D eigenvalue weighted by Gasteiger charge is -2.21. The summed E-state index contributed by atoms with van der Waals surface area (Å²) in [5.41, 5.74) is 1.90. The summed E-state index contributed by atoms with van der Waals surface area (Å²) in [6.07, 6.45) is -0.237. The number of rotatable bonds is 7. The van der Waals surface area contributed by atoms with E-state index in [2.05, 4.69) is 4.98 Å². The van der Waals surface area contributed by atoms with E-state index in [1.54, 1.807) is 38.4 Å². The van der Waals surface area contributed by atoms with Crippen LogP contribution >= 0.6 is 0 Å². The van der Waals surface area contributed by atoms with Crippen LogP contribution in [-0.4, -0.2) is 41.6 Å². The number of carbonyl (C=O) groups is 1. The molecule has 0 fully saturated rings. The molecule has 3 aromatic rings. The molecule has 0 aliphatic rings. The number of aromatic amines is 1. The Morgan fingerprint density at radius 1 is 1.18 bits per heavy atom. The second kappa shape index (κ2) is 8.71. The lowest BCUT2D eigenvalue weighted by Crippen LogP contribution is -2.31. The van der Waals surface area contributed by atoms with Crippen molar-refractivity contribution in [3.63, 3.8) is 0 Å². The van der Waals surface area contributed by atoms with Crippen LogP contribution in [0.3, 0.4) is 0 Å². The van der Waals surface area contributed by atoms with Crippen LogP contribution in [0.2, 0.25) is 0 Å². The summed E-state index contributed by atoms with van der Waals surface area (Å²) < 4.78 is 5.10. The molecule has 0 aliphatic carbocycles. The number of likely N-dealkylation sites (N-methyl/N-ethyl adjacent to an activating group) is 1. The molecule has 0 spiro atoms. The number of fused-ring (bicyclic) bond motifs is 1.